The van der Waals surface area contributed by atoms with Crippen LogP contribution in [0.3, 0.4) is 0 Å². The van der Waals surface area contributed by atoms with E-state index in [0.717, 1.165) is 6.08 Å². The predicted octanol–water partition coefficient (Wildman–Crippen LogP) is 3.95. The molecule has 1 amide bonds. The lowest BCUT2D eigenvalue weighted by molar-refractivity contribution is -0.154. The molecular formula is C18H15F5N2O3. The third-order valence-corrected chi connectivity index (χ3v) is 3.20. The minimum atomic E-state index is -4.49. The Bertz CT molecular complexity index is 825. The number of carbonyl (C=O) groups is 1. The van der Waals surface area contributed by atoms with E-state index in [1.54, 1.807) is 6.07 Å². The summed E-state index contributed by atoms with van der Waals surface area (Å²) < 4.78 is 70.0. The Morgan fingerprint density at radius 2 is 1.96 bits per heavy atom. The van der Waals surface area contributed by atoms with Crippen LogP contribution >= 0.6 is 0 Å². The minimum Gasteiger partial charge on any atom is -0.468 e. The number of pyridine rings is 1. The SMILES string of the molecule is O=C(/C=C/c1ccccc1OC(F)F)NCc1ccnc(OCC(F)(F)F)c1. The van der Waals surface area contributed by atoms with Crippen LogP contribution in [-0.4, -0.2) is 30.3 Å². The van der Waals surface area contributed by atoms with Gasteiger partial charge < -0.3 is 14.8 Å². The molecule has 2 rings (SSSR count). The van der Waals surface area contributed by atoms with E-state index >= 15 is 0 Å². The molecule has 1 heterocycles. The van der Waals surface area contributed by atoms with Crippen molar-refractivity contribution in [3.8, 4) is 11.6 Å². The number of hydrogen-bond donors (Lipinski definition) is 1. The molecule has 1 aromatic carbocycles. The number of nitrogens with one attached hydrogen (secondary N) is 1. The van der Waals surface area contributed by atoms with E-state index in [9.17, 15) is 26.7 Å². The van der Waals surface area contributed by atoms with Crippen LogP contribution in [0.5, 0.6) is 11.6 Å². The van der Waals surface area contributed by atoms with Crippen molar-refractivity contribution < 1.29 is 36.2 Å². The number of rotatable bonds is 8. The first-order chi connectivity index (χ1) is 13.2. The molecule has 0 saturated heterocycles. The summed E-state index contributed by atoms with van der Waals surface area (Å²) in [5, 5.41) is 2.51. The van der Waals surface area contributed by atoms with Gasteiger partial charge in [0.1, 0.15) is 5.75 Å². The van der Waals surface area contributed by atoms with Crippen LogP contribution in [0.4, 0.5) is 22.0 Å². The molecule has 0 aliphatic carbocycles. The van der Waals surface area contributed by atoms with E-state index in [4.69, 9.17) is 0 Å². The summed E-state index contributed by atoms with van der Waals surface area (Å²) in [6.07, 6.45) is -0.810. The number of halogens is 5. The highest BCUT2D eigenvalue weighted by atomic mass is 19.4. The van der Waals surface area contributed by atoms with Crippen molar-refractivity contribution in [1.82, 2.24) is 10.3 Å². The number of benzene rings is 1. The van der Waals surface area contributed by atoms with Gasteiger partial charge in [-0.2, -0.15) is 22.0 Å². The summed E-state index contributed by atoms with van der Waals surface area (Å²) in [5.74, 6) is -0.846. The average Bonchev–Trinajstić information content (AvgIpc) is 2.63. The minimum absolute atomic E-state index is 0.00323. The van der Waals surface area contributed by atoms with Crippen molar-refractivity contribution in [3.05, 3.63) is 59.8 Å². The second-order valence-electron chi connectivity index (χ2n) is 5.37. The fourth-order valence-corrected chi connectivity index (χ4v) is 2.03. The van der Waals surface area contributed by atoms with Crippen molar-refractivity contribution in [1.29, 1.82) is 0 Å². The number of carbonyl (C=O) groups excluding carboxylic acids is 1. The fraction of sp³-hybridized carbons (Fsp3) is 0.222. The molecule has 0 bridgehead atoms. The molecular weight excluding hydrogens is 387 g/mol. The molecule has 0 saturated carbocycles. The van der Waals surface area contributed by atoms with Gasteiger partial charge in [0.2, 0.25) is 11.8 Å². The van der Waals surface area contributed by atoms with E-state index in [1.165, 1.54) is 42.6 Å². The summed E-state index contributed by atoms with van der Waals surface area (Å²) in [7, 11) is 0. The van der Waals surface area contributed by atoms with Gasteiger partial charge in [-0.15, -0.1) is 0 Å². The Hall–Kier alpha value is -3.17. The van der Waals surface area contributed by atoms with Crippen LogP contribution in [0.2, 0.25) is 0 Å². The molecule has 150 valence electrons. The number of amides is 1. The molecule has 0 atom stereocenters. The standard InChI is InChI=1S/C18H15F5N2O3/c19-17(20)28-14-4-2-1-3-13(14)5-6-15(26)25-10-12-7-8-24-16(9-12)27-11-18(21,22)23/h1-9,17H,10-11H2,(H,25,26)/b6-5+. The van der Waals surface area contributed by atoms with Crippen molar-refractivity contribution >= 4 is 12.0 Å². The van der Waals surface area contributed by atoms with E-state index in [0.29, 0.717) is 5.56 Å². The molecule has 10 heteroatoms. The molecule has 0 aliphatic heterocycles. The van der Waals surface area contributed by atoms with E-state index in [1.807, 2.05) is 0 Å². The molecule has 0 unspecified atom stereocenters. The third kappa shape index (κ3) is 7.60. The van der Waals surface area contributed by atoms with Crippen molar-refractivity contribution in [3.63, 3.8) is 0 Å². The van der Waals surface area contributed by atoms with E-state index in [2.05, 4.69) is 19.8 Å². The number of hydrogen-bond acceptors (Lipinski definition) is 4. The van der Waals surface area contributed by atoms with Gasteiger partial charge in [-0.1, -0.05) is 18.2 Å². The maximum atomic E-state index is 12.4. The zero-order valence-corrected chi connectivity index (χ0v) is 14.2. The van der Waals surface area contributed by atoms with Gasteiger partial charge in [0.25, 0.3) is 0 Å². The van der Waals surface area contributed by atoms with Gasteiger partial charge in [-0.3, -0.25) is 4.79 Å². The van der Waals surface area contributed by atoms with Crippen LogP contribution in [-0.2, 0) is 11.3 Å². The Labute approximate surface area is 156 Å². The maximum Gasteiger partial charge on any atom is 0.422 e. The first kappa shape index (κ1) is 21.1. The van der Waals surface area contributed by atoms with Gasteiger partial charge in [0.15, 0.2) is 6.61 Å². The summed E-state index contributed by atoms with van der Waals surface area (Å²) in [4.78, 5) is 15.5. The molecule has 0 radical (unpaired) electrons. The van der Waals surface area contributed by atoms with Crippen LogP contribution < -0.4 is 14.8 Å². The Morgan fingerprint density at radius 3 is 2.68 bits per heavy atom. The Balaban J connectivity index is 1.92. The molecule has 0 aliphatic rings. The van der Waals surface area contributed by atoms with Crippen LogP contribution in [0, 0.1) is 0 Å². The summed E-state index contributed by atoms with van der Waals surface area (Å²) in [5.41, 5.74) is 0.750. The van der Waals surface area contributed by atoms with E-state index < -0.39 is 25.3 Å². The zero-order chi connectivity index (χ0) is 20.6. The molecule has 28 heavy (non-hydrogen) atoms. The van der Waals surface area contributed by atoms with Crippen molar-refractivity contribution in [2.75, 3.05) is 6.61 Å². The van der Waals surface area contributed by atoms with Gasteiger partial charge in [0, 0.05) is 30.4 Å². The highest BCUT2D eigenvalue weighted by Crippen LogP contribution is 2.21. The highest BCUT2D eigenvalue weighted by Gasteiger charge is 2.28. The van der Waals surface area contributed by atoms with Gasteiger partial charge in [-0.25, -0.2) is 4.98 Å². The molecule has 2 aromatic rings. The predicted molar refractivity (Wildman–Crippen MR) is 89.7 cm³/mol. The Kier molecular flexibility index (Phi) is 7.30. The number of alkyl halides is 5. The average molecular weight is 402 g/mol. The monoisotopic (exact) mass is 402 g/mol. The van der Waals surface area contributed by atoms with Crippen LogP contribution in [0.1, 0.15) is 11.1 Å². The van der Waals surface area contributed by atoms with Gasteiger partial charge in [-0.05, 0) is 23.8 Å². The lowest BCUT2D eigenvalue weighted by Crippen LogP contribution is -2.21. The second kappa shape index (κ2) is 9.67. The molecule has 0 fully saturated rings. The lowest BCUT2D eigenvalue weighted by atomic mass is 10.2. The van der Waals surface area contributed by atoms with Gasteiger partial charge in [0.05, 0.1) is 0 Å². The van der Waals surface area contributed by atoms with Crippen molar-refractivity contribution in [2.24, 2.45) is 0 Å². The number of para-hydroxylation sites is 1. The summed E-state index contributed by atoms with van der Waals surface area (Å²) >= 11 is 0. The van der Waals surface area contributed by atoms with Gasteiger partial charge >= 0.3 is 12.8 Å². The topological polar surface area (TPSA) is 60.5 Å². The zero-order valence-electron chi connectivity index (χ0n) is 14.2. The normalized spacial score (nSPS) is 11.6. The van der Waals surface area contributed by atoms with Crippen LogP contribution in [0.25, 0.3) is 6.08 Å². The summed E-state index contributed by atoms with van der Waals surface area (Å²) in [6, 6.07) is 8.70. The maximum absolute atomic E-state index is 12.4. The molecule has 1 N–H and O–H groups in total. The largest absolute Gasteiger partial charge is 0.468 e. The second-order valence-corrected chi connectivity index (χ2v) is 5.37. The molecule has 5 nitrogen and oxygen atoms in total. The fourth-order valence-electron chi connectivity index (χ4n) is 2.03. The smallest absolute Gasteiger partial charge is 0.422 e. The van der Waals surface area contributed by atoms with E-state index in [-0.39, 0.29) is 23.7 Å². The summed E-state index contributed by atoms with van der Waals surface area (Å²) in [6.45, 7) is -4.47. The first-order valence-electron chi connectivity index (χ1n) is 7.87. The number of aromatic nitrogens is 1. The number of nitrogens with zero attached hydrogens (tertiary/aromatic N) is 1. The molecule has 1 aromatic heterocycles. The third-order valence-electron chi connectivity index (χ3n) is 3.20. The quantitative estimate of drug-likeness (QED) is 0.537. The Morgan fingerprint density at radius 1 is 1.21 bits per heavy atom. The van der Waals surface area contributed by atoms with Crippen LogP contribution in [0.15, 0.2) is 48.7 Å². The first-order valence-corrected chi connectivity index (χ1v) is 7.87. The van der Waals surface area contributed by atoms with Crippen molar-refractivity contribution in [2.45, 2.75) is 19.3 Å². The molecule has 0 spiro atoms. The lowest BCUT2D eigenvalue weighted by Gasteiger charge is -2.09. The highest BCUT2D eigenvalue weighted by molar-refractivity contribution is 5.92. The number of ether oxygens (including phenoxy) is 2.